The van der Waals surface area contributed by atoms with E-state index in [-0.39, 0.29) is 0 Å². The highest BCUT2D eigenvalue weighted by atomic mass is 32.1. The minimum atomic E-state index is -0.629. The molecule has 0 bridgehead atoms. The molecule has 0 spiro atoms. The van der Waals surface area contributed by atoms with Crippen molar-refractivity contribution in [2.24, 2.45) is 5.92 Å². The summed E-state index contributed by atoms with van der Waals surface area (Å²) in [5.41, 5.74) is 6.91. The van der Waals surface area contributed by atoms with E-state index in [1.165, 1.54) is 4.88 Å². The molecular weight excluding hydrogens is 470 g/mol. The molecule has 0 aliphatic rings. The predicted molar refractivity (Wildman–Crippen MR) is 145 cm³/mol. The van der Waals surface area contributed by atoms with Crippen molar-refractivity contribution in [2.75, 3.05) is 5.32 Å². The van der Waals surface area contributed by atoms with Crippen molar-refractivity contribution in [1.29, 1.82) is 0 Å². The van der Waals surface area contributed by atoms with Gasteiger partial charge in [-0.1, -0.05) is 32.0 Å². The van der Waals surface area contributed by atoms with Crippen molar-refractivity contribution in [3.63, 3.8) is 0 Å². The number of benzene rings is 1. The van der Waals surface area contributed by atoms with Gasteiger partial charge in [-0.3, -0.25) is 10.1 Å². The molecule has 0 fully saturated rings. The van der Waals surface area contributed by atoms with Gasteiger partial charge in [-0.2, -0.15) is 5.10 Å². The summed E-state index contributed by atoms with van der Waals surface area (Å²) < 4.78 is 0. The Morgan fingerprint density at radius 2 is 1.94 bits per heavy atom. The van der Waals surface area contributed by atoms with Gasteiger partial charge in [0.25, 0.3) is 0 Å². The maximum atomic E-state index is 10.3. The van der Waals surface area contributed by atoms with Crippen LogP contribution in [0.2, 0.25) is 0 Å². The molecule has 0 aliphatic heterocycles. The van der Waals surface area contributed by atoms with Crippen LogP contribution in [0.1, 0.15) is 20.3 Å². The number of anilines is 1. The van der Waals surface area contributed by atoms with Crippen LogP contribution in [-0.2, 0) is 0 Å². The van der Waals surface area contributed by atoms with Gasteiger partial charge >= 0.3 is 0 Å². The maximum Gasteiger partial charge on any atom is 0.159 e. The summed E-state index contributed by atoms with van der Waals surface area (Å²) in [6, 6.07) is 14.3. The molecule has 1 unspecified atom stereocenters. The van der Waals surface area contributed by atoms with Crippen LogP contribution in [-0.4, -0.2) is 41.5 Å². The van der Waals surface area contributed by atoms with Crippen LogP contribution in [0.3, 0.4) is 0 Å². The van der Waals surface area contributed by atoms with Crippen LogP contribution in [0.5, 0.6) is 0 Å². The van der Waals surface area contributed by atoms with Crippen LogP contribution in [0, 0.1) is 5.92 Å². The maximum absolute atomic E-state index is 10.3. The van der Waals surface area contributed by atoms with E-state index in [1.54, 1.807) is 29.9 Å². The lowest BCUT2D eigenvalue weighted by Crippen LogP contribution is -2.20. The number of rotatable bonds is 7. The molecule has 8 nitrogen and oxygen atoms in total. The molecule has 6 aromatic rings. The van der Waals surface area contributed by atoms with E-state index in [2.05, 4.69) is 61.8 Å². The SMILES string of the molecule is CC(C)CC(O)Nc1cncc(-c2cnc3[nH]nc(-c4nc5c(-c6cccs6)cccc5[nH]4)c3c2)c1. The van der Waals surface area contributed by atoms with Gasteiger partial charge in [-0.25, -0.2) is 9.97 Å². The molecule has 4 N–H and O–H groups in total. The Hall–Kier alpha value is -4.08. The number of aromatic nitrogens is 6. The molecule has 180 valence electrons. The summed E-state index contributed by atoms with van der Waals surface area (Å²) >= 11 is 1.69. The van der Waals surface area contributed by atoms with Crippen molar-refractivity contribution in [3.8, 4) is 33.1 Å². The Morgan fingerprint density at radius 1 is 1.06 bits per heavy atom. The second-order valence-electron chi connectivity index (χ2n) is 9.21. The van der Waals surface area contributed by atoms with Crippen molar-refractivity contribution in [2.45, 2.75) is 26.5 Å². The molecule has 1 aromatic carbocycles. The van der Waals surface area contributed by atoms with Crippen molar-refractivity contribution in [1.82, 2.24) is 30.1 Å². The number of fused-ring (bicyclic) bond motifs is 2. The van der Waals surface area contributed by atoms with E-state index in [9.17, 15) is 5.11 Å². The Kier molecular flexibility index (Phi) is 5.71. The molecule has 5 heterocycles. The first-order chi connectivity index (χ1) is 17.5. The average Bonchev–Trinajstić information content (AvgIpc) is 3.62. The zero-order valence-electron chi connectivity index (χ0n) is 19.9. The number of para-hydroxylation sites is 1. The fourth-order valence-corrected chi connectivity index (χ4v) is 5.14. The van der Waals surface area contributed by atoms with Gasteiger partial charge in [0, 0.05) is 34.0 Å². The van der Waals surface area contributed by atoms with Crippen LogP contribution in [0.25, 0.3) is 55.2 Å². The Labute approximate surface area is 211 Å². The highest BCUT2D eigenvalue weighted by molar-refractivity contribution is 7.13. The minimum Gasteiger partial charge on any atom is -0.374 e. The third kappa shape index (κ3) is 4.23. The van der Waals surface area contributed by atoms with Gasteiger partial charge in [-0.05, 0) is 42.0 Å². The molecule has 0 aliphatic carbocycles. The number of hydrogen-bond acceptors (Lipinski definition) is 7. The van der Waals surface area contributed by atoms with E-state index in [4.69, 9.17) is 4.98 Å². The number of imidazole rings is 1. The van der Waals surface area contributed by atoms with Gasteiger partial charge in [0.2, 0.25) is 0 Å². The van der Waals surface area contributed by atoms with E-state index >= 15 is 0 Å². The van der Waals surface area contributed by atoms with Crippen molar-refractivity contribution >= 4 is 39.1 Å². The van der Waals surface area contributed by atoms with E-state index in [1.807, 2.05) is 30.3 Å². The summed E-state index contributed by atoms with van der Waals surface area (Å²) in [7, 11) is 0. The molecule has 0 amide bonds. The summed E-state index contributed by atoms with van der Waals surface area (Å²) in [5, 5.41) is 23.9. The zero-order valence-corrected chi connectivity index (χ0v) is 20.7. The first-order valence-corrected chi connectivity index (χ1v) is 12.7. The number of pyridine rings is 2. The molecule has 1 atom stereocenters. The van der Waals surface area contributed by atoms with Gasteiger partial charge in [0.15, 0.2) is 11.5 Å². The smallest absolute Gasteiger partial charge is 0.159 e. The summed E-state index contributed by atoms with van der Waals surface area (Å²) in [6.45, 7) is 4.15. The van der Waals surface area contributed by atoms with Crippen LogP contribution < -0.4 is 5.32 Å². The average molecular weight is 496 g/mol. The number of thiophene rings is 1. The summed E-state index contributed by atoms with van der Waals surface area (Å²) in [5.74, 6) is 1.07. The number of nitrogens with one attached hydrogen (secondary N) is 3. The monoisotopic (exact) mass is 495 g/mol. The van der Waals surface area contributed by atoms with Gasteiger partial charge in [0.1, 0.15) is 11.9 Å². The molecule has 0 saturated carbocycles. The van der Waals surface area contributed by atoms with Gasteiger partial charge < -0.3 is 15.4 Å². The Balaban J connectivity index is 1.37. The minimum absolute atomic E-state index is 0.384. The second-order valence-corrected chi connectivity index (χ2v) is 10.2. The summed E-state index contributed by atoms with van der Waals surface area (Å²) in [4.78, 5) is 18.5. The lowest BCUT2D eigenvalue weighted by molar-refractivity contribution is 0.176. The molecule has 9 heteroatoms. The fourth-order valence-electron chi connectivity index (χ4n) is 4.39. The van der Waals surface area contributed by atoms with E-state index in [0.29, 0.717) is 29.5 Å². The third-order valence-corrected chi connectivity index (χ3v) is 6.94. The summed E-state index contributed by atoms with van der Waals surface area (Å²) in [6.07, 6.45) is 5.32. The highest BCUT2D eigenvalue weighted by Crippen LogP contribution is 2.34. The first-order valence-electron chi connectivity index (χ1n) is 11.8. The molecule has 0 radical (unpaired) electrons. The third-order valence-electron chi connectivity index (χ3n) is 6.04. The second kappa shape index (κ2) is 9.18. The molecule has 6 rings (SSSR count). The molecule has 36 heavy (non-hydrogen) atoms. The van der Waals surface area contributed by atoms with E-state index in [0.717, 1.165) is 38.8 Å². The lowest BCUT2D eigenvalue weighted by atomic mass is 10.1. The van der Waals surface area contributed by atoms with Crippen LogP contribution in [0.4, 0.5) is 5.69 Å². The number of H-pyrrole nitrogens is 2. The first kappa shape index (κ1) is 22.4. The topological polar surface area (TPSA) is 115 Å². The van der Waals surface area contributed by atoms with Crippen LogP contribution >= 0.6 is 11.3 Å². The number of nitrogens with zero attached hydrogens (tertiary/aromatic N) is 4. The predicted octanol–water partition coefficient (Wildman–Crippen LogP) is 6.07. The van der Waals surface area contributed by atoms with Crippen LogP contribution in [0.15, 0.2) is 66.4 Å². The number of aromatic amines is 2. The molecule has 5 aromatic heterocycles. The Bertz CT molecular complexity index is 1650. The zero-order chi connectivity index (χ0) is 24.6. The largest absolute Gasteiger partial charge is 0.374 e. The number of aliphatic hydroxyl groups excluding tert-OH is 1. The van der Waals surface area contributed by atoms with Crippen molar-refractivity contribution in [3.05, 3.63) is 66.4 Å². The molecular formula is C27H25N7OS. The normalized spacial score (nSPS) is 12.6. The van der Waals surface area contributed by atoms with Gasteiger partial charge in [0.05, 0.1) is 28.3 Å². The molecule has 0 saturated heterocycles. The highest BCUT2D eigenvalue weighted by Gasteiger charge is 2.17. The number of aliphatic hydroxyl groups is 1. The quantitative estimate of drug-likeness (QED) is 0.200. The van der Waals surface area contributed by atoms with E-state index < -0.39 is 6.23 Å². The van der Waals surface area contributed by atoms with Crippen molar-refractivity contribution < 1.29 is 5.11 Å². The standard InChI is InChI=1S/C27H25N7OS/c1-15(2)9-23(35)30-18-10-16(12-28-14-18)17-11-20-25(33-34-26(20)29-13-17)27-31-21-6-3-5-19(24(21)32-27)22-7-4-8-36-22/h3-8,10-15,23,30,35H,9H2,1-2H3,(H,31,32)(H,29,33,34). The lowest BCUT2D eigenvalue weighted by Gasteiger charge is -2.16. The number of hydrogen-bond donors (Lipinski definition) is 4. The fraction of sp³-hybridized carbons (Fsp3) is 0.185. The van der Waals surface area contributed by atoms with Gasteiger partial charge in [-0.15, -0.1) is 11.3 Å². The Morgan fingerprint density at radius 3 is 2.78 bits per heavy atom.